The molecule has 0 aliphatic carbocycles. The number of carbonyl (C=O) groups excluding carboxylic acids is 1. The monoisotopic (exact) mass is 399 g/mol. The Bertz CT molecular complexity index is 1160. The van der Waals surface area contributed by atoms with Crippen LogP contribution in [0, 0.1) is 0 Å². The number of aromatic nitrogens is 4. The molecule has 150 valence electrons. The molecule has 0 N–H and O–H groups in total. The van der Waals surface area contributed by atoms with Gasteiger partial charge >= 0.3 is 0 Å². The number of fused-ring (bicyclic) bond motifs is 1. The van der Waals surface area contributed by atoms with Gasteiger partial charge in [-0.1, -0.05) is 41.6 Å². The van der Waals surface area contributed by atoms with Crippen LogP contribution in [0.1, 0.15) is 17.4 Å². The number of hydrogen-bond donors (Lipinski definition) is 0. The number of pyridine rings is 2. The second-order valence-corrected chi connectivity index (χ2v) is 7.32. The van der Waals surface area contributed by atoms with Crippen molar-refractivity contribution in [2.24, 2.45) is 0 Å². The Kier molecular flexibility index (Phi) is 4.94. The number of carbonyl (C=O) groups is 1. The van der Waals surface area contributed by atoms with Crippen molar-refractivity contribution in [3.05, 3.63) is 84.4 Å². The quantitative estimate of drug-likeness (QED) is 0.528. The van der Waals surface area contributed by atoms with E-state index in [9.17, 15) is 4.79 Å². The Balaban J connectivity index is 1.35. The first-order chi connectivity index (χ1) is 14.8. The van der Waals surface area contributed by atoms with E-state index in [0.29, 0.717) is 26.1 Å². The zero-order valence-electron chi connectivity index (χ0n) is 16.4. The van der Waals surface area contributed by atoms with Gasteiger partial charge in [-0.2, -0.15) is 0 Å². The van der Waals surface area contributed by atoms with Gasteiger partial charge in [0.2, 0.25) is 5.91 Å². The molecule has 30 heavy (non-hydrogen) atoms. The second kappa shape index (κ2) is 8.04. The van der Waals surface area contributed by atoms with E-state index in [1.54, 1.807) is 16.9 Å². The van der Waals surface area contributed by atoms with E-state index >= 15 is 0 Å². The Hall–Kier alpha value is -3.58. The van der Waals surface area contributed by atoms with Crippen LogP contribution in [0.4, 0.5) is 0 Å². The molecule has 1 fully saturated rings. The fraction of sp³-hybridized carbons (Fsp3) is 0.217. The van der Waals surface area contributed by atoms with Crippen LogP contribution in [-0.4, -0.2) is 50.3 Å². The predicted molar refractivity (Wildman–Crippen MR) is 112 cm³/mol. The number of nitrogens with zero attached hydrogens (tertiary/aromatic N) is 5. The van der Waals surface area contributed by atoms with E-state index in [1.165, 1.54) is 0 Å². The van der Waals surface area contributed by atoms with E-state index in [1.807, 2.05) is 65.7 Å². The van der Waals surface area contributed by atoms with Gasteiger partial charge in [0, 0.05) is 30.7 Å². The number of benzene rings is 1. The first-order valence-corrected chi connectivity index (χ1v) is 9.96. The zero-order valence-corrected chi connectivity index (χ0v) is 16.4. The summed E-state index contributed by atoms with van der Waals surface area (Å²) in [7, 11) is 0. The van der Waals surface area contributed by atoms with Crippen molar-refractivity contribution < 1.29 is 9.53 Å². The molecule has 1 aliphatic heterocycles. The first kappa shape index (κ1) is 18.4. The molecule has 1 amide bonds. The van der Waals surface area contributed by atoms with Crippen LogP contribution in [0.15, 0.2) is 73.2 Å². The van der Waals surface area contributed by atoms with Crippen molar-refractivity contribution in [2.75, 3.05) is 19.7 Å². The molecule has 4 heterocycles. The Morgan fingerprint density at radius 1 is 1.03 bits per heavy atom. The van der Waals surface area contributed by atoms with Crippen molar-refractivity contribution in [1.82, 2.24) is 24.7 Å². The van der Waals surface area contributed by atoms with E-state index in [4.69, 9.17) is 4.74 Å². The molecule has 0 spiro atoms. The Labute approximate surface area is 173 Å². The van der Waals surface area contributed by atoms with Gasteiger partial charge in [0.25, 0.3) is 0 Å². The minimum absolute atomic E-state index is 0.103. The van der Waals surface area contributed by atoms with Crippen LogP contribution in [-0.2, 0) is 16.0 Å². The summed E-state index contributed by atoms with van der Waals surface area (Å²) in [5.74, 6) is 0.103. The molecule has 1 unspecified atom stereocenters. The highest BCUT2D eigenvalue weighted by atomic mass is 16.5. The SMILES string of the molecule is O=C(Cc1ccccc1)N1CCOC(c2nnn3cc(-c4ccncc4)ccc23)C1. The fourth-order valence-electron chi connectivity index (χ4n) is 3.78. The van der Waals surface area contributed by atoms with Crippen LogP contribution >= 0.6 is 0 Å². The van der Waals surface area contributed by atoms with Crippen LogP contribution < -0.4 is 0 Å². The molecule has 7 heteroatoms. The highest BCUT2D eigenvalue weighted by Gasteiger charge is 2.28. The molecule has 0 bridgehead atoms. The van der Waals surface area contributed by atoms with Crippen LogP contribution in [0.2, 0.25) is 0 Å². The third kappa shape index (κ3) is 3.67. The predicted octanol–water partition coefficient (Wildman–Crippen LogP) is 2.93. The molecule has 5 rings (SSSR count). The summed E-state index contributed by atoms with van der Waals surface area (Å²) in [5.41, 5.74) is 4.76. The third-order valence-corrected chi connectivity index (χ3v) is 5.38. The van der Waals surface area contributed by atoms with E-state index in [2.05, 4.69) is 15.3 Å². The van der Waals surface area contributed by atoms with Gasteiger partial charge in [0.05, 0.1) is 25.1 Å². The topological polar surface area (TPSA) is 72.6 Å². The Morgan fingerprint density at radius 2 is 1.87 bits per heavy atom. The standard InChI is InChI=1S/C23H21N5O2/c29-22(14-17-4-2-1-3-5-17)27-12-13-30-21(16-27)23-20-7-6-19(15-28(20)26-25-23)18-8-10-24-11-9-18/h1-11,15,21H,12-14,16H2. The summed E-state index contributed by atoms with van der Waals surface area (Å²) in [6, 6.07) is 17.8. The lowest BCUT2D eigenvalue weighted by molar-refractivity contribution is -0.138. The number of morpholine rings is 1. The molecule has 1 atom stereocenters. The summed E-state index contributed by atoms with van der Waals surface area (Å²) < 4.78 is 7.72. The minimum atomic E-state index is -0.289. The van der Waals surface area contributed by atoms with Gasteiger partial charge in [-0.3, -0.25) is 9.78 Å². The minimum Gasteiger partial charge on any atom is -0.368 e. The lowest BCUT2D eigenvalue weighted by Crippen LogP contribution is -2.43. The molecule has 0 saturated carbocycles. The summed E-state index contributed by atoms with van der Waals surface area (Å²) in [4.78, 5) is 18.7. The summed E-state index contributed by atoms with van der Waals surface area (Å²) in [6.07, 6.45) is 5.59. The third-order valence-electron chi connectivity index (χ3n) is 5.38. The maximum absolute atomic E-state index is 12.8. The molecule has 1 aromatic carbocycles. The molecule has 1 aliphatic rings. The molecular formula is C23H21N5O2. The molecule has 3 aromatic heterocycles. The first-order valence-electron chi connectivity index (χ1n) is 9.96. The molecular weight excluding hydrogens is 378 g/mol. The van der Waals surface area contributed by atoms with Crippen LogP contribution in [0.5, 0.6) is 0 Å². The van der Waals surface area contributed by atoms with Crippen molar-refractivity contribution in [1.29, 1.82) is 0 Å². The molecule has 1 saturated heterocycles. The van der Waals surface area contributed by atoms with Crippen molar-refractivity contribution in [3.63, 3.8) is 0 Å². The zero-order chi connectivity index (χ0) is 20.3. The van der Waals surface area contributed by atoms with Crippen LogP contribution in [0.3, 0.4) is 0 Å². The highest BCUT2D eigenvalue weighted by molar-refractivity contribution is 5.79. The second-order valence-electron chi connectivity index (χ2n) is 7.32. The maximum Gasteiger partial charge on any atom is 0.227 e. The van der Waals surface area contributed by atoms with Gasteiger partial charge in [-0.05, 0) is 29.3 Å². The maximum atomic E-state index is 12.8. The number of hydrogen-bond acceptors (Lipinski definition) is 5. The van der Waals surface area contributed by atoms with Crippen molar-refractivity contribution in [2.45, 2.75) is 12.5 Å². The van der Waals surface area contributed by atoms with Gasteiger partial charge in [0.1, 0.15) is 11.8 Å². The van der Waals surface area contributed by atoms with Gasteiger partial charge in [-0.15, -0.1) is 5.10 Å². The summed E-state index contributed by atoms with van der Waals surface area (Å²) in [6.45, 7) is 1.55. The molecule has 7 nitrogen and oxygen atoms in total. The van der Waals surface area contributed by atoms with E-state index in [-0.39, 0.29) is 12.0 Å². The lowest BCUT2D eigenvalue weighted by Gasteiger charge is -2.32. The number of amides is 1. The smallest absolute Gasteiger partial charge is 0.227 e. The summed E-state index contributed by atoms with van der Waals surface area (Å²) in [5, 5.41) is 8.65. The average Bonchev–Trinajstić information content (AvgIpc) is 3.24. The Morgan fingerprint density at radius 3 is 2.70 bits per heavy atom. The van der Waals surface area contributed by atoms with E-state index < -0.39 is 0 Å². The largest absolute Gasteiger partial charge is 0.368 e. The van der Waals surface area contributed by atoms with Gasteiger partial charge < -0.3 is 9.64 Å². The average molecular weight is 399 g/mol. The molecule has 4 aromatic rings. The van der Waals surface area contributed by atoms with Crippen molar-refractivity contribution in [3.8, 4) is 11.1 Å². The number of ether oxygens (including phenoxy) is 1. The van der Waals surface area contributed by atoms with E-state index in [0.717, 1.165) is 27.9 Å². The lowest BCUT2D eigenvalue weighted by atomic mass is 10.1. The van der Waals surface area contributed by atoms with Crippen LogP contribution in [0.25, 0.3) is 16.6 Å². The van der Waals surface area contributed by atoms with Crippen molar-refractivity contribution >= 4 is 11.4 Å². The number of rotatable bonds is 4. The molecule has 0 radical (unpaired) electrons. The normalized spacial score (nSPS) is 16.7. The summed E-state index contributed by atoms with van der Waals surface area (Å²) >= 11 is 0. The van der Waals surface area contributed by atoms with Gasteiger partial charge in [-0.25, -0.2) is 4.52 Å². The van der Waals surface area contributed by atoms with Gasteiger partial charge in [0.15, 0.2) is 0 Å². The fourth-order valence-corrected chi connectivity index (χ4v) is 3.78. The highest BCUT2D eigenvalue weighted by Crippen LogP contribution is 2.26.